The number of halogens is 2. The summed E-state index contributed by atoms with van der Waals surface area (Å²) in [6.07, 6.45) is 5.81. The van der Waals surface area contributed by atoms with E-state index in [2.05, 4.69) is 12.2 Å². The standard InChI is InChI=1S/C14H17F2N/c1-10-6-7-17-13(8-10)4-2-11-9-12(15)3-5-14(11)16/h2-5,9-10,13,17H,6-8H2,1H3/b4-2+. The van der Waals surface area contributed by atoms with Crippen molar-refractivity contribution in [1.29, 1.82) is 0 Å². The Bertz CT molecular complexity index is 415. The zero-order chi connectivity index (χ0) is 12.3. The molecule has 1 aromatic carbocycles. The minimum atomic E-state index is -0.406. The zero-order valence-electron chi connectivity index (χ0n) is 9.92. The minimum Gasteiger partial charge on any atom is -0.310 e. The molecule has 1 saturated heterocycles. The highest BCUT2D eigenvalue weighted by Crippen LogP contribution is 2.17. The van der Waals surface area contributed by atoms with E-state index in [0.29, 0.717) is 11.5 Å². The molecule has 0 spiro atoms. The lowest BCUT2D eigenvalue weighted by molar-refractivity contribution is 0.357. The van der Waals surface area contributed by atoms with Gasteiger partial charge in [0.25, 0.3) is 0 Å². The van der Waals surface area contributed by atoms with Gasteiger partial charge in [-0.25, -0.2) is 8.78 Å². The van der Waals surface area contributed by atoms with Crippen LogP contribution in [0.5, 0.6) is 0 Å². The first-order chi connectivity index (χ1) is 8.15. The number of benzene rings is 1. The van der Waals surface area contributed by atoms with E-state index >= 15 is 0 Å². The molecule has 0 bridgehead atoms. The lowest BCUT2D eigenvalue weighted by Gasteiger charge is -2.25. The molecule has 17 heavy (non-hydrogen) atoms. The number of hydrogen-bond donors (Lipinski definition) is 1. The number of nitrogens with one attached hydrogen (secondary N) is 1. The fourth-order valence-electron chi connectivity index (χ4n) is 2.16. The summed E-state index contributed by atoms with van der Waals surface area (Å²) in [6.45, 7) is 3.20. The first-order valence-electron chi connectivity index (χ1n) is 6.02. The van der Waals surface area contributed by atoms with Gasteiger partial charge in [-0.1, -0.05) is 19.1 Å². The highest BCUT2D eigenvalue weighted by atomic mass is 19.1. The molecule has 3 heteroatoms. The first-order valence-corrected chi connectivity index (χ1v) is 6.02. The molecule has 1 fully saturated rings. The Morgan fingerprint density at radius 3 is 2.94 bits per heavy atom. The predicted molar refractivity (Wildman–Crippen MR) is 65.6 cm³/mol. The maximum atomic E-state index is 13.4. The third-order valence-corrected chi connectivity index (χ3v) is 3.17. The van der Waals surface area contributed by atoms with Crippen LogP contribution in [0.15, 0.2) is 24.3 Å². The van der Waals surface area contributed by atoms with Crippen LogP contribution in [0.4, 0.5) is 8.78 Å². The van der Waals surface area contributed by atoms with Crippen molar-refractivity contribution in [2.45, 2.75) is 25.8 Å². The van der Waals surface area contributed by atoms with Gasteiger partial charge in [-0.2, -0.15) is 0 Å². The van der Waals surface area contributed by atoms with Gasteiger partial charge in [-0.3, -0.25) is 0 Å². The summed E-state index contributed by atoms with van der Waals surface area (Å²) in [5, 5.41) is 3.35. The molecule has 1 aromatic rings. The van der Waals surface area contributed by atoms with Crippen LogP contribution < -0.4 is 5.32 Å². The molecular weight excluding hydrogens is 220 g/mol. The van der Waals surface area contributed by atoms with E-state index in [-0.39, 0.29) is 11.9 Å². The summed E-state index contributed by atoms with van der Waals surface area (Å²) in [5.74, 6) is -0.106. The SMILES string of the molecule is CC1CCNC(/C=C/c2cc(F)ccc2F)C1. The number of piperidine rings is 1. The van der Waals surface area contributed by atoms with E-state index in [1.165, 1.54) is 12.5 Å². The molecule has 1 N–H and O–H groups in total. The van der Waals surface area contributed by atoms with Crippen LogP contribution in [-0.2, 0) is 0 Å². The number of hydrogen-bond acceptors (Lipinski definition) is 1. The van der Waals surface area contributed by atoms with E-state index in [1.807, 2.05) is 6.08 Å². The van der Waals surface area contributed by atoms with Crippen LogP contribution in [0, 0.1) is 17.6 Å². The Kier molecular flexibility index (Phi) is 3.89. The molecule has 0 radical (unpaired) electrons. The van der Waals surface area contributed by atoms with Gasteiger partial charge in [0.2, 0.25) is 0 Å². The average molecular weight is 237 g/mol. The summed E-state index contributed by atoms with van der Waals surface area (Å²) in [7, 11) is 0. The summed E-state index contributed by atoms with van der Waals surface area (Å²) >= 11 is 0. The van der Waals surface area contributed by atoms with Gasteiger partial charge in [-0.15, -0.1) is 0 Å². The molecule has 0 aliphatic carbocycles. The Morgan fingerprint density at radius 1 is 1.35 bits per heavy atom. The topological polar surface area (TPSA) is 12.0 Å². The van der Waals surface area contributed by atoms with Crippen molar-refractivity contribution in [3.63, 3.8) is 0 Å². The van der Waals surface area contributed by atoms with Gasteiger partial charge in [-0.05, 0) is 43.5 Å². The Labute approximate surface area is 101 Å². The second-order valence-electron chi connectivity index (χ2n) is 4.72. The monoisotopic (exact) mass is 237 g/mol. The van der Waals surface area contributed by atoms with Gasteiger partial charge in [0.05, 0.1) is 0 Å². The molecule has 0 saturated carbocycles. The van der Waals surface area contributed by atoms with Crippen LogP contribution in [0.2, 0.25) is 0 Å². The molecule has 92 valence electrons. The molecule has 1 heterocycles. The second kappa shape index (κ2) is 5.41. The first kappa shape index (κ1) is 12.2. The van der Waals surface area contributed by atoms with Gasteiger partial charge in [0.15, 0.2) is 0 Å². The Balaban J connectivity index is 2.06. The minimum absolute atomic E-state index is 0.265. The molecule has 2 atom stereocenters. The van der Waals surface area contributed by atoms with Crippen molar-refractivity contribution < 1.29 is 8.78 Å². The summed E-state index contributed by atoms with van der Waals surface area (Å²) in [4.78, 5) is 0. The summed E-state index contributed by atoms with van der Waals surface area (Å²) in [5.41, 5.74) is 0.310. The van der Waals surface area contributed by atoms with E-state index < -0.39 is 5.82 Å². The molecule has 2 rings (SSSR count). The van der Waals surface area contributed by atoms with E-state index in [4.69, 9.17) is 0 Å². The lowest BCUT2D eigenvalue weighted by Crippen LogP contribution is -2.35. The third-order valence-electron chi connectivity index (χ3n) is 3.17. The molecule has 0 aromatic heterocycles. The largest absolute Gasteiger partial charge is 0.310 e. The molecule has 1 aliphatic rings. The van der Waals surface area contributed by atoms with Gasteiger partial charge >= 0.3 is 0 Å². The molecule has 1 nitrogen and oxygen atoms in total. The highest BCUT2D eigenvalue weighted by Gasteiger charge is 2.15. The molecule has 2 unspecified atom stereocenters. The van der Waals surface area contributed by atoms with Crippen molar-refractivity contribution in [3.05, 3.63) is 41.5 Å². The quantitative estimate of drug-likeness (QED) is 0.831. The van der Waals surface area contributed by atoms with Crippen molar-refractivity contribution in [2.24, 2.45) is 5.92 Å². The van der Waals surface area contributed by atoms with E-state index in [9.17, 15) is 8.78 Å². The maximum absolute atomic E-state index is 13.4. The summed E-state index contributed by atoms with van der Waals surface area (Å²) in [6, 6.07) is 3.78. The number of rotatable bonds is 2. The average Bonchev–Trinajstić information content (AvgIpc) is 2.30. The Hall–Kier alpha value is -1.22. The van der Waals surface area contributed by atoms with Gasteiger partial charge in [0, 0.05) is 11.6 Å². The normalized spacial score (nSPS) is 25.4. The van der Waals surface area contributed by atoms with Crippen molar-refractivity contribution >= 4 is 6.08 Å². The molecule has 0 amide bonds. The zero-order valence-corrected chi connectivity index (χ0v) is 9.92. The molecule has 1 aliphatic heterocycles. The fraction of sp³-hybridized carbons (Fsp3) is 0.429. The third kappa shape index (κ3) is 3.37. The van der Waals surface area contributed by atoms with E-state index in [0.717, 1.165) is 25.1 Å². The predicted octanol–water partition coefficient (Wildman–Crippen LogP) is 3.37. The van der Waals surface area contributed by atoms with Crippen molar-refractivity contribution in [2.75, 3.05) is 6.54 Å². The van der Waals surface area contributed by atoms with Crippen molar-refractivity contribution in [3.8, 4) is 0 Å². The smallest absolute Gasteiger partial charge is 0.130 e. The van der Waals surface area contributed by atoms with Gasteiger partial charge < -0.3 is 5.32 Å². The van der Waals surface area contributed by atoms with Crippen molar-refractivity contribution in [1.82, 2.24) is 5.32 Å². The Morgan fingerprint density at radius 2 is 2.18 bits per heavy atom. The van der Waals surface area contributed by atoms with Crippen LogP contribution in [0.1, 0.15) is 25.3 Å². The van der Waals surface area contributed by atoms with Crippen LogP contribution in [0.25, 0.3) is 6.08 Å². The van der Waals surface area contributed by atoms with Crippen LogP contribution in [-0.4, -0.2) is 12.6 Å². The maximum Gasteiger partial charge on any atom is 0.130 e. The highest BCUT2D eigenvalue weighted by molar-refractivity contribution is 5.50. The van der Waals surface area contributed by atoms with Crippen LogP contribution in [0.3, 0.4) is 0 Å². The lowest BCUT2D eigenvalue weighted by atomic mass is 9.94. The van der Waals surface area contributed by atoms with Crippen LogP contribution >= 0.6 is 0 Å². The summed E-state index contributed by atoms with van der Waals surface area (Å²) < 4.78 is 26.3. The van der Waals surface area contributed by atoms with Gasteiger partial charge in [0.1, 0.15) is 11.6 Å². The second-order valence-corrected chi connectivity index (χ2v) is 4.72. The fourth-order valence-corrected chi connectivity index (χ4v) is 2.16. The van der Waals surface area contributed by atoms with E-state index in [1.54, 1.807) is 6.08 Å². The molecular formula is C14H17F2N.